The molecule has 2 amide bonds. The van der Waals surface area contributed by atoms with Gasteiger partial charge in [0.15, 0.2) is 12.1 Å². The van der Waals surface area contributed by atoms with Crippen molar-refractivity contribution in [1.82, 2.24) is 25.6 Å². The van der Waals surface area contributed by atoms with Gasteiger partial charge in [-0.05, 0) is 47.2 Å². The molecular weight excluding hydrogens is 707 g/mol. The molecule has 4 N–H and O–H groups in total. The first-order chi connectivity index (χ1) is 25.5. The second-order valence-corrected chi connectivity index (χ2v) is 16.1. The molecular formula is C41H49N5O5S2. The van der Waals surface area contributed by atoms with Crippen molar-refractivity contribution in [3.05, 3.63) is 105 Å². The largest absolute Gasteiger partial charge is 0.494 e. The minimum Gasteiger partial charge on any atom is -0.494 e. The van der Waals surface area contributed by atoms with Crippen molar-refractivity contribution >= 4 is 34.5 Å². The zero-order valence-corrected chi connectivity index (χ0v) is 32.4. The van der Waals surface area contributed by atoms with Gasteiger partial charge in [-0.3, -0.25) is 9.59 Å². The molecule has 0 aliphatic heterocycles. The Labute approximate surface area is 319 Å². The molecule has 0 spiro atoms. The SMILES string of the molecule is CCCCCCCOc1ccc(-c2cnc(-c3ccc(C[C@H](NC(=O)c4ccc(C(C)(C)C)s4)C(=O)NC(Cc4nccs4)C(O)O)cc3)nc2)cc1. The van der Waals surface area contributed by atoms with Crippen LogP contribution in [0.5, 0.6) is 5.75 Å². The van der Waals surface area contributed by atoms with Gasteiger partial charge in [-0.25, -0.2) is 15.0 Å². The number of aromatic nitrogens is 3. The van der Waals surface area contributed by atoms with Gasteiger partial charge in [0, 0.05) is 52.8 Å². The number of benzene rings is 2. The number of aliphatic hydroxyl groups excluding tert-OH is 1. The second-order valence-electron chi connectivity index (χ2n) is 14.1. The van der Waals surface area contributed by atoms with Crippen molar-refractivity contribution in [3.8, 4) is 28.3 Å². The number of unbranched alkanes of at least 4 members (excludes halogenated alkanes) is 4. The fourth-order valence-electron chi connectivity index (χ4n) is 5.65. The Morgan fingerprint density at radius 1 is 0.811 bits per heavy atom. The van der Waals surface area contributed by atoms with E-state index in [1.807, 2.05) is 54.6 Å². The number of aliphatic hydroxyl groups is 2. The van der Waals surface area contributed by atoms with Crippen molar-refractivity contribution in [2.45, 2.75) is 96.4 Å². The molecule has 0 saturated carbocycles. The number of carbonyl (C=O) groups excluding carboxylic acids is 2. The number of rotatable bonds is 18. The van der Waals surface area contributed by atoms with Crippen LogP contribution in [0.1, 0.15) is 84.9 Å². The second kappa shape index (κ2) is 19.0. The minimum atomic E-state index is -1.82. The molecule has 12 heteroatoms. The lowest BCUT2D eigenvalue weighted by Crippen LogP contribution is -2.54. The van der Waals surface area contributed by atoms with Gasteiger partial charge in [-0.2, -0.15) is 0 Å². The zero-order chi connectivity index (χ0) is 37.8. The van der Waals surface area contributed by atoms with E-state index in [0.29, 0.717) is 15.7 Å². The van der Waals surface area contributed by atoms with Crippen LogP contribution < -0.4 is 15.4 Å². The summed E-state index contributed by atoms with van der Waals surface area (Å²) in [5.41, 5.74) is 3.35. The van der Waals surface area contributed by atoms with Crippen molar-refractivity contribution in [3.63, 3.8) is 0 Å². The molecule has 2 atom stereocenters. The summed E-state index contributed by atoms with van der Waals surface area (Å²) in [7, 11) is 0. The summed E-state index contributed by atoms with van der Waals surface area (Å²) in [6, 6.07) is 17.2. The maximum absolute atomic E-state index is 13.7. The normalized spacial score (nSPS) is 12.7. The Morgan fingerprint density at radius 2 is 1.51 bits per heavy atom. The highest BCUT2D eigenvalue weighted by Gasteiger charge is 2.28. The summed E-state index contributed by atoms with van der Waals surface area (Å²) in [4.78, 5) is 42.1. The average Bonchev–Trinajstić information content (AvgIpc) is 3.87. The molecule has 5 aromatic rings. The monoisotopic (exact) mass is 755 g/mol. The third kappa shape index (κ3) is 11.8. The summed E-state index contributed by atoms with van der Waals surface area (Å²) in [5.74, 6) is 0.492. The average molecular weight is 756 g/mol. The van der Waals surface area contributed by atoms with Crippen LogP contribution in [-0.4, -0.2) is 62.0 Å². The van der Waals surface area contributed by atoms with Gasteiger partial charge in [0.25, 0.3) is 5.91 Å². The Balaban J connectivity index is 1.25. The fourth-order valence-corrected chi connectivity index (χ4v) is 7.29. The number of nitrogens with zero attached hydrogens (tertiary/aromatic N) is 3. The zero-order valence-electron chi connectivity index (χ0n) is 30.7. The van der Waals surface area contributed by atoms with Gasteiger partial charge in [0.2, 0.25) is 5.91 Å². The van der Waals surface area contributed by atoms with Gasteiger partial charge in [0.1, 0.15) is 11.8 Å². The molecule has 5 rings (SSSR count). The summed E-state index contributed by atoms with van der Waals surface area (Å²) >= 11 is 2.74. The number of hydrogen-bond acceptors (Lipinski definition) is 10. The molecule has 3 aromatic heterocycles. The van der Waals surface area contributed by atoms with Gasteiger partial charge in [-0.15, -0.1) is 22.7 Å². The van der Waals surface area contributed by atoms with E-state index in [2.05, 4.69) is 53.3 Å². The number of amides is 2. The topological polar surface area (TPSA) is 147 Å². The molecule has 0 aliphatic carbocycles. The van der Waals surface area contributed by atoms with Crippen LogP contribution >= 0.6 is 22.7 Å². The number of nitrogens with one attached hydrogen (secondary N) is 2. The lowest BCUT2D eigenvalue weighted by Gasteiger charge is -2.24. The van der Waals surface area contributed by atoms with E-state index in [-0.39, 0.29) is 24.2 Å². The van der Waals surface area contributed by atoms with Crippen LogP contribution in [0, 0.1) is 0 Å². The van der Waals surface area contributed by atoms with E-state index in [1.54, 1.807) is 30.0 Å². The van der Waals surface area contributed by atoms with Crippen LogP contribution in [0.15, 0.2) is 84.6 Å². The molecule has 0 fully saturated rings. The standard InChI is InChI=1S/C41H49N5O5S2/c1-5-6-7-8-9-21-51-31-16-14-28(15-17-31)30-25-43-37(44-26-30)29-12-10-27(11-13-29)23-32(45-39(48)34-18-19-35(53-34)41(2,3)4)38(47)46-33(40(49)50)24-36-42-20-22-52-36/h10-20,22,25-26,32-33,40,49-50H,5-9,21,23-24H2,1-4H3,(H,45,48)(H,46,47)/t32-,33?/m0/s1. The van der Waals surface area contributed by atoms with Gasteiger partial charge in [-0.1, -0.05) is 89.8 Å². The predicted octanol–water partition coefficient (Wildman–Crippen LogP) is 7.35. The van der Waals surface area contributed by atoms with E-state index in [9.17, 15) is 19.8 Å². The van der Waals surface area contributed by atoms with Crippen LogP contribution in [0.25, 0.3) is 22.5 Å². The van der Waals surface area contributed by atoms with E-state index in [4.69, 9.17) is 4.74 Å². The number of thiazole rings is 1. The predicted molar refractivity (Wildman–Crippen MR) is 211 cm³/mol. The lowest BCUT2D eigenvalue weighted by atomic mass is 9.95. The number of ether oxygens (including phenoxy) is 1. The Morgan fingerprint density at radius 3 is 2.13 bits per heavy atom. The minimum absolute atomic E-state index is 0.125. The quantitative estimate of drug-likeness (QED) is 0.0537. The van der Waals surface area contributed by atoms with E-state index >= 15 is 0 Å². The maximum Gasteiger partial charge on any atom is 0.262 e. The number of carbonyl (C=O) groups is 2. The number of hydrogen-bond donors (Lipinski definition) is 4. The first kappa shape index (κ1) is 39.7. The third-order valence-electron chi connectivity index (χ3n) is 8.76. The molecule has 10 nitrogen and oxygen atoms in total. The molecule has 2 aromatic carbocycles. The summed E-state index contributed by atoms with van der Waals surface area (Å²) < 4.78 is 5.90. The van der Waals surface area contributed by atoms with Crippen LogP contribution in [0.2, 0.25) is 0 Å². The van der Waals surface area contributed by atoms with Crippen molar-refractivity contribution < 1.29 is 24.5 Å². The molecule has 1 unspecified atom stereocenters. The van der Waals surface area contributed by atoms with Crippen LogP contribution in [0.4, 0.5) is 0 Å². The third-order valence-corrected chi connectivity index (χ3v) is 11.1. The highest BCUT2D eigenvalue weighted by atomic mass is 32.1. The molecule has 280 valence electrons. The van der Waals surface area contributed by atoms with Gasteiger partial charge in [0.05, 0.1) is 22.5 Å². The first-order valence-corrected chi connectivity index (χ1v) is 19.8. The van der Waals surface area contributed by atoms with Crippen molar-refractivity contribution in [1.29, 1.82) is 0 Å². The van der Waals surface area contributed by atoms with E-state index in [1.165, 1.54) is 48.4 Å². The molecule has 0 bridgehead atoms. The summed E-state index contributed by atoms with van der Waals surface area (Å²) in [6.07, 6.45) is 9.69. The molecule has 0 saturated heterocycles. The van der Waals surface area contributed by atoms with Crippen LogP contribution in [-0.2, 0) is 23.1 Å². The fraction of sp³-hybridized carbons (Fsp3) is 0.390. The Kier molecular flexibility index (Phi) is 14.3. The lowest BCUT2D eigenvalue weighted by molar-refractivity contribution is -0.128. The maximum atomic E-state index is 13.7. The Bertz CT molecular complexity index is 1870. The molecule has 0 aliphatic rings. The Hall–Kier alpha value is -4.49. The van der Waals surface area contributed by atoms with E-state index < -0.39 is 24.3 Å². The highest BCUT2D eigenvalue weighted by Crippen LogP contribution is 2.30. The summed E-state index contributed by atoms with van der Waals surface area (Å²) in [6.45, 7) is 9.17. The number of thiophene rings is 1. The highest BCUT2D eigenvalue weighted by molar-refractivity contribution is 7.14. The van der Waals surface area contributed by atoms with Gasteiger partial charge < -0.3 is 25.6 Å². The van der Waals surface area contributed by atoms with Crippen molar-refractivity contribution in [2.24, 2.45) is 0 Å². The van der Waals surface area contributed by atoms with Crippen molar-refractivity contribution in [2.75, 3.05) is 6.61 Å². The van der Waals surface area contributed by atoms with Crippen LogP contribution in [0.3, 0.4) is 0 Å². The molecule has 3 heterocycles. The van der Waals surface area contributed by atoms with E-state index in [0.717, 1.165) is 45.9 Å². The van der Waals surface area contributed by atoms with Gasteiger partial charge >= 0.3 is 0 Å². The molecule has 53 heavy (non-hydrogen) atoms. The first-order valence-electron chi connectivity index (χ1n) is 18.1. The smallest absolute Gasteiger partial charge is 0.262 e. The molecule has 0 radical (unpaired) electrons. The summed E-state index contributed by atoms with van der Waals surface area (Å²) in [5, 5.41) is 28.2.